The van der Waals surface area contributed by atoms with E-state index in [0.29, 0.717) is 22.9 Å². The van der Waals surface area contributed by atoms with Gasteiger partial charge < -0.3 is 4.74 Å². The molecule has 0 spiro atoms. The van der Waals surface area contributed by atoms with E-state index in [-0.39, 0.29) is 0 Å². The summed E-state index contributed by atoms with van der Waals surface area (Å²) in [5, 5.41) is 7.53. The number of aromatic amines is 1. The second kappa shape index (κ2) is 4.78. The minimum absolute atomic E-state index is 0.309. The lowest BCUT2D eigenvalue weighted by molar-refractivity contribution is 0.0997. The summed E-state index contributed by atoms with van der Waals surface area (Å²) >= 11 is 5.50. The van der Waals surface area contributed by atoms with Crippen LogP contribution in [0.3, 0.4) is 0 Å². The third kappa shape index (κ3) is 1.99. The van der Waals surface area contributed by atoms with Crippen molar-refractivity contribution in [1.82, 2.24) is 14.8 Å². The van der Waals surface area contributed by atoms with Crippen molar-refractivity contribution >= 4 is 12.2 Å². The molecule has 0 unspecified atom stereocenters. The molecule has 2 aliphatic heterocycles. The molecule has 4 rings (SSSR count). The zero-order chi connectivity index (χ0) is 14.6. The second-order valence-electron chi connectivity index (χ2n) is 6.18. The molecule has 110 valence electrons. The first-order valence-corrected chi connectivity index (χ1v) is 7.95. The van der Waals surface area contributed by atoms with E-state index in [1.54, 1.807) is 0 Å². The van der Waals surface area contributed by atoms with Crippen LogP contribution in [0.5, 0.6) is 0 Å². The van der Waals surface area contributed by atoms with E-state index in [1.165, 1.54) is 17.5 Å². The first-order chi connectivity index (χ1) is 10.1. The highest BCUT2D eigenvalue weighted by atomic mass is 32.1. The van der Waals surface area contributed by atoms with Crippen molar-refractivity contribution < 1.29 is 4.74 Å². The van der Waals surface area contributed by atoms with Crippen LogP contribution in [0.2, 0.25) is 0 Å². The average molecular weight is 301 g/mol. The maximum absolute atomic E-state index is 6.00. The fourth-order valence-corrected chi connectivity index (χ4v) is 4.07. The molecule has 21 heavy (non-hydrogen) atoms. The van der Waals surface area contributed by atoms with Crippen LogP contribution < -0.4 is 0 Å². The Labute approximate surface area is 129 Å². The molecule has 0 aliphatic carbocycles. The summed E-state index contributed by atoms with van der Waals surface area (Å²) in [6.45, 7) is 4.25. The summed E-state index contributed by atoms with van der Waals surface area (Å²) in [6.07, 6.45) is 4.12. The number of H-pyrrole nitrogens is 1. The Bertz CT molecular complexity index is 728. The lowest BCUT2D eigenvalue weighted by Crippen LogP contribution is -2.19. The molecule has 2 fully saturated rings. The van der Waals surface area contributed by atoms with Gasteiger partial charge >= 0.3 is 0 Å². The van der Waals surface area contributed by atoms with Crippen molar-refractivity contribution in [2.45, 2.75) is 51.2 Å². The van der Waals surface area contributed by atoms with Crippen LogP contribution in [0.1, 0.15) is 42.1 Å². The molecule has 3 atom stereocenters. The summed E-state index contributed by atoms with van der Waals surface area (Å²) in [4.78, 5) is 0. The number of rotatable bonds is 2. The van der Waals surface area contributed by atoms with Crippen molar-refractivity contribution in [2.75, 3.05) is 0 Å². The molecule has 0 amide bonds. The van der Waals surface area contributed by atoms with E-state index >= 15 is 0 Å². The monoisotopic (exact) mass is 301 g/mol. The Balaban J connectivity index is 1.87. The number of nitrogens with one attached hydrogen (secondary N) is 1. The summed E-state index contributed by atoms with van der Waals surface area (Å²) in [5.74, 6) is 1.39. The first kappa shape index (κ1) is 13.2. The van der Waals surface area contributed by atoms with Gasteiger partial charge in [0.05, 0.1) is 17.9 Å². The highest BCUT2D eigenvalue weighted by molar-refractivity contribution is 7.71. The molecule has 4 nitrogen and oxygen atoms in total. The highest BCUT2D eigenvalue weighted by Crippen LogP contribution is 2.44. The van der Waals surface area contributed by atoms with Gasteiger partial charge in [-0.3, -0.25) is 9.67 Å². The Morgan fingerprint density at radius 1 is 1.29 bits per heavy atom. The number of ether oxygens (including phenoxy) is 1. The number of para-hydroxylation sites is 1. The van der Waals surface area contributed by atoms with Crippen LogP contribution in [0.15, 0.2) is 18.2 Å². The number of hydrogen-bond donors (Lipinski definition) is 1. The molecule has 0 saturated carbocycles. The topological polar surface area (TPSA) is 42.8 Å². The first-order valence-electron chi connectivity index (χ1n) is 7.54. The molecule has 1 aromatic heterocycles. The van der Waals surface area contributed by atoms with Gasteiger partial charge in [-0.05, 0) is 56.5 Å². The van der Waals surface area contributed by atoms with Gasteiger partial charge in [-0.2, -0.15) is 5.10 Å². The Morgan fingerprint density at radius 2 is 2.05 bits per heavy atom. The summed E-state index contributed by atoms with van der Waals surface area (Å²) < 4.78 is 8.79. The van der Waals surface area contributed by atoms with Crippen molar-refractivity contribution in [1.29, 1.82) is 0 Å². The summed E-state index contributed by atoms with van der Waals surface area (Å²) in [7, 11) is 0. The molecule has 2 aliphatic rings. The largest absolute Gasteiger partial charge is 0.374 e. The molecular weight excluding hydrogens is 282 g/mol. The third-order valence-corrected chi connectivity index (χ3v) is 5.07. The van der Waals surface area contributed by atoms with E-state index in [2.05, 4.69) is 46.8 Å². The van der Waals surface area contributed by atoms with E-state index in [4.69, 9.17) is 17.0 Å². The molecule has 2 bridgehead atoms. The van der Waals surface area contributed by atoms with Crippen LogP contribution in [0.4, 0.5) is 0 Å². The van der Waals surface area contributed by atoms with Gasteiger partial charge in [0.15, 0.2) is 4.77 Å². The van der Waals surface area contributed by atoms with Crippen LogP contribution >= 0.6 is 12.2 Å². The minimum Gasteiger partial charge on any atom is -0.374 e. The number of hydrogen-bond acceptors (Lipinski definition) is 3. The normalized spacial score (nSPS) is 27.4. The molecule has 2 saturated heterocycles. The van der Waals surface area contributed by atoms with Gasteiger partial charge in [-0.25, -0.2) is 0 Å². The Morgan fingerprint density at radius 3 is 2.67 bits per heavy atom. The van der Waals surface area contributed by atoms with E-state index in [0.717, 1.165) is 24.4 Å². The Kier molecular flexibility index (Phi) is 3.01. The van der Waals surface area contributed by atoms with Crippen molar-refractivity contribution in [3.63, 3.8) is 0 Å². The fraction of sp³-hybridized carbons (Fsp3) is 0.500. The minimum atomic E-state index is 0.309. The fourth-order valence-electron chi connectivity index (χ4n) is 3.84. The third-order valence-electron chi connectivity index (χ3n) is 4.80. The lowest BCUT2D eigenvalue weighted by Gasteiger charge is -2.20. The number of fused-ring (bicyclic) bond motifs is 2. The molecule has 2 aromatic rings. The molecule has 3 heterocycles. The predicted octanol–water partition coefficient (Wildman–Crippen LogP) is 3.58. The Hall–Kier alpha value is -1.46. The zero-order valence-electron chi connectivity index (χ0n) is 12.3. The van der Waals surface area contributed by atoms with Gasteiger partial charge in [-0.1, -0.05) is 18.2 Å². The van der Waals surface area contributed by atoms with Crippen LogP contribution in [-0.4, -0.2) is 27.0 Å². The van der Waals surface area contributed by atoms with Crippen molar-refractivity contribution in [3.8, 4) is 5.69 Å². The van der Waals surface area contributed by atoms with Gasteiger partial charge in [0.2, 0.25) is 0 Å². The maximum Gasteiger partial charge on any atom is 0.199 e. The predicted molar refractivity (Wildman–Crippen MR) is 83.5 cm³/mol. The standard InChI is InChI=1S/C16H19N3OS/c1-9-4-3-5-10(2)14(9)19-15(17-18-16(19)21)12-8-11-6-7-13(12)20-11/h3-5,11-13H,6-8H2,1-2H3,(H,18,21)/t11-,12-,13-/m0/s1. The van der Waals surface area contributed by atoms with Gasteiger partial charge in [-0.15, -0.1) is 0 Å². The summed E-state index contributed by atoms with van der Waals surface area (Å²) in [6, 6.07) is 6.33. The van der Waals surface area contributed by atoms with E-state index < -0.39 is 0 Å². The highest BCUT2D eigenvalue weighted by Gasteiger charge is 2.43. The van der Waals surface area contributed by atoms with Gasteiger partial charge in [0.1, 0.15) is 5.82 Å². The molecular formula is C16H19N3OS. The van der Waals surface area contributed by atoms with Crippen LogP contribution in [0.25, 0.3) is 5.69 Å². The summed E-state index contributed by atoms with van der Waals surface area (Å²) in [5.41, 5.74) is 3.60. The number of aryl methyl sites for hydroxylation is 2. The van der Waals surface area contributed by atoms with Crippen LogP contribution in [-0.2, 0) is 4.74 Å². The number of benzene rings is 1. The molecule has 5 heteroatoms. The molecule has 0 radical (unpaired) electrons. The van der Waals surface area contributed by atoms with Gasteiger partial charge in [0.25, 0.3) is 0 Å². The zero-order valence-corrected chi connectivity index (χ0v) is 13.1. The quantitative estimate of drug-likeness (QED) is 0.862. The van der Waals surface area contributed by atoms with E-state index in [9.17, 15) is 0 Å². The molecule has 1 aromatic carbocycles. The van der Waals surface area contributed by atoms with E-state index in [1.807, 2.05) is 0 Å². The van der Waals surface area contributed by atoms with Crippen LogP contribution in [0, 0.1) is 18.6 Å². The smallest absolute Gasteiger partial charge is 0.199 e. The number of aromatic nitrogens is 3. The number of nitrogens with zero attached hydrogens (tertiary/aromatic N) is 2. The average Bonchev–Trinajstić information content (AvgIpc) is 3.15. The second-order valence-corrected chi connectivity index (χ2v) is 6.57. The lowest BCUT2D eigenvalue weighted by atomic mass is 9.88. The molecule has 1 N–H and O–H groups in total. The van der Waals surface area contributed by atoms with Crippen molar-refractivity contribution in [2.24, 2.45) is 0 Å². The van der Waals surface area contributed by atoms with Crippen molar-refractivity contribution in [3.05, 3.63) is 39.9 Å². The maximum atomic E-state index is 6.00. The SMILES string of the molecule is Cc1cccc(C)c1-n1c([C@H]2C[C@@H]3CC[C@@H]2O3)n[nH]c1=S. The van der Waals surface area contributed by atoms with Gasteiger partial charge in [0, 0.05) is 5.92 Å².